The number of nitrogens with zero attached hydrogens (tertiary/aromatic N) is 2. The zero-order chi connectivity index (χ0) is 14.8. The third-order valence-electron chi connectivity index (χ3n) is 3.11. The number of sulfonamides is 1. The minimum absolute atomic E-state index is 0.337. The van der Waals surface area contributed by atoms with Gasteiger partial charge in [-0.15, -0.1) is 11.3 Å². The van der Waals surface area contributed by atoms with Gasteiger partial charge in [-0.25, -0.2) is 8.42 Å². The molecule has 0 fully saturated rings. The average Bonchev–Trinajstić information content (AvgIpc) is 3.01. The predicted molar refractivity (Wildman–Crippen MR) is 81.1 cm³/mol. The average molecular weight is 313 g/mol. The number of aryl methyl sites for hydroxylation is 1. The first-order valence-electron chi connectivity index (χ1n) is 6.23. The minimum atomic E-state index is -3.44. The normalized spacial score (nSPS) is 12.2. The van der Waals surface area contributed by atoms with Gasteiger partial charge in [-0.3, -0.25) is 0 Å². The molecule has 0 unspecified atom stereocenters. The van der Waals surface area contributed by atoms with Gasteiger partial charge in [-0.05, 0) is 24.6 Å². The first-order valence-corrected chi connectivity index (χ1v) is 8.55. The fourth-order valence-corrected chi connectivity index (χ4v) is 4.05. The summed E-state index contributed by atoms with van der Waals surface area (Å²) in [5.74, 6) is 0. The maximum Gasteiger partial charge on any atom is 0.244 e. The molecule has 0 spiro atoms. The molecule has 110 valence electrons. The highest BCUT2D eigenvalue weighted by molar-refractivity contribution is 7.89. The van der Waals surface area contributed by atoms with E-state index in [1.165, 1.54) is 4.31 Å². The fraction of sp³-hybridized carbons (Fsp3) is 0.385. The summed E-state index contributed by atoms with van der Waals surface area (Å²) < 4.78 is 28.3. The molecule has 0 aliphatic heterocycles. The summed E-state index contributed by atoms with van der Waals surface area (Å²) in [4.78, 5) is 1.37. The highest BCUT2D eigenvalue weighted by atomic mass is 32.2. The van der Waals surface area contributed by atoms with E-state index in [1.54, 1.807) is 30.6 Å². The van der Waals surface area contributed by atoms with Crippen molar-refractivity contribution in [3.63, 3.8) is 0 Å². The van der Waals surface area contributed by atoms with Crippen LogP contribution in [0.3, 0.4) is 0 Å². The SMILES string of the molecule is CNCc1cc(S(=O)(=O)N(C)Cc2cccs2)cn1C. The molecular weight excluding hydrogens is 294 g/mol. The van der Waals surface area contributed by atoms with Gasteiger partial charge in [-0.2, -0.15) is 4.31 Å². The second-order valence-corrected chi connectivity index (χ2v) is 7.73. The van der Waals surface area contributed by atoms with Gasteiger partial charge in [0.1, 0.15) is 4.90 Å². The summed E-state index contributed by atoms with van der Waals surface area (Å²) in [6.07, 6.45) is 1.66. The Morgan fingerprint density at radius 2 is 2.20 bits per heavy atom. The first-order chi connectivity index (χ1) is 9.45. The van der Waals surface area contributed by atoms with Crippen molar-refractivity contribution in [2.24, 2.45) is 7.05 Å². The standard InChI is InChI=1S/C13H19N3O2S2/c1-14-8-11-7-13(10-15(11)2)20(17,18)16(3)9-12-5-4-6-19-12/h4-7,10,14H,8-9H2,1-3H3. The number of rotatable bonds is 6. The van der Waals surface area contributed by atoms with Crippen molar-refractivity contribution in [3.05, 3.63) is 40.3 Å². The van der Waals surface area contributed by atoms with E-state index in [1.807, 2.05) is 36.2 Å². The van der Waals surface area contributed by atoms with Crippen LogP contribution < -0.4 is 5.32 Å². The lowest BCUT2D eigenvalue weighted by atomic mass is 10.4. The topological polar surface area (TPSA) is 54.3 Å². The van der Waals surface area contributed by atoms with Crippen LogP contribution in [-0.4, -0.2) is 31.4 Å². The Kier molecular flexibility index (Phi) is 4.64. The van der Waals surface area contributed by atoms with Crippen LogP contribution in [0.2, 0.25) is 0 Å². The van der Waals surface area contributed by atoms with E-state index in [2.05, 4.69) is 5.32 Å². The molecule has 0 saturated carbocycles. The van der Waals surface area contributed by atoms with Gasteiger partial charge in [0.25, 0.3) is 0 Å². The zero-order valence-electron chi connectivity index (χ0n) is 11.8. The third kappa shape index (κ3) is 3.12. The minimum Gasteiger partial charge on any atom is -0.352 e. The highest BCUT2D eigenvalue weighted by Crippen LogP contribution is 2.20. The Labute approximate surface area is 123 Å². The lowest BCUT2D eigenvalue weighted by molar-refractivity contribution is 0.469. The molecule has 0 amide bonds. The number of hydrogen-bond acceptors (Lipinski definition) is 4. The van der Waals surface area contributed by atoms with Crippen molar-refractivity contribution in [2.75, 3.05) is 14.1 Å². The van der Waals surface area contributed by atoms with Crippen LogP contribution in [-0.2, 0) is 30.2 Å². The maximum atomic E-state index is 12.5. The van der Waals surface area contributed by atoms with Crippen molar-refractivity contribution in [2.45, 2.75) is 18.0 Å². The molecular formula is C13H19N3O2S2. The monoisotopic (exact) mass is 313 g/mol. The predicted octanol–water partition coefficient (Wildman–Crippen LogP) is 1.63. The molecule has 0 aliphatic carbocycles. The van der Waals surface area contributed by atoms with Gasteiger partial charge in [-0.1, -0.05) is 6.07 Å². The second-order valence-electron chi connectivity index (χ2n) is 4.65. The highest BCUT2D eigenvalue weighted by Gasteiger charge is 2.23. The first kappa shape index (κ1) is 15.2. The molecule has 0 aliphatic rings. The zero-order valence-corrected chi connectivity index (χ0v) is 13.5. The molecule has 2 rings (SSSR count). The van der Waals surface area contributed by atoms with E-state index in [4.69, 9.17) is 0 Å². The van der Waals surface area contributed by atoms with E-state index in [9.17, 15) is 8.42 Å². The van der Waals surface area contributed by atoms with E-state index in [0.29, 0.717) is 18.0 Å². The smallest absolute Gasteiger partial charge is 0.244 e. The molecule has 0 atom stereocenters. The van der Waals surface area contributed by atoms with Gasteiger partial charge < -0.3 is 9.88 Å². The molecule has 7 heteroatoms. The Morgan fingerprint density at radius 1 is 1.45 bits per heavy atom. The van der Waals surface area contributed by atoms with E-state index in [0.717, 1.165) is 10.6 Å². The van der Waals surface area contributed by atoms with Crippen molar-refractivity contribution in [3.8, 4) is 0 Å². The summed E-state index contributed by atoms with van der Waals surface area (Å²) in [6.45, 7) is 1.04. The molecule has 20 heavy (non-hydrogen) atoms. The van der Waals surface area contributed by atoms with E-state index < -0.39 is 10.0 Å². The molecule has 1 N–H and O–H groups in total. The Balaban J connectivity index is 2.23. The molecule has 0 aromatic carbocycles. The van der Waals surface area contributed by atoms with Crippen molar-refractivity contribution in [1.29, 1.82) is 0 Å². The number of hydrogen-bond donors (Lipinski definition) is 1. The van der Waals surface area contributed by atoms with Crippen LogP contribution >= 0.6 is 11.3 Å². The van der Waals surface area contributed by atoms with Crippen LogP contribution in [0.15, 0.2) is 34.7 Å². The van der Waals surface area contributed by atoms with Gasteiger partial charge in [0.15, 0.2) is 0 Å². The molecule has 2 heterocycles. The van der Waals surface area contributed by atoms with Crippen LogP contribution in [0.5, 0.6) is 0 Å². The number of aromatic nitrogens is 1. The van der Waals surface area contributed by atoms with Crippen molar-refractivity contribution >= 4 is 21.4 Å². The molecule has 0 radical (unpaired) electrons. The van der Waals surface area contributed by atoms with Crippen molar-refractivity contribution < 1.29 is 8.42 Å². The van der Waals surface area contributed by atoms with Crippen molar-refractivity contribution in [1.82, 2.24) is 14.2 Å². The Hall–Kier alpha value is -1.15. The van der Waals surface area contributed by atoms with E-state index >= 15 is 0 Å². The third-order valence-corrected chi connectivity index (χ3v) is 5.74. The second kappa shape index (κ2) is 6.09. The van der Waals surface area contributed by atoms with Gasteiger partial charge in [0.2, 0.25) is 10.0 Å². The van der Waals surface area contributed by atoms with Crippen LogP contribution in [0, 0.1) is 0 Å². The van der Waals surface area contributed by atoms with Crippen LogP contribution in [0.1, 0.15) is 10.6 Å². The number of nitrogens with one attached hydrogen (secondary N) is 1. The molecule has 0 saturated heterocycles. The maximum absolute atomic E-state index is 12.5. The summed E-state index contributed by atoms with van der Waals surface area (Å²) in [6, 6.07) is 5.58. The lowest BCUT2D eigenvalue weighted by Gasteiger charge is -2.15. The van der Waals surface area contributed by atoms with Gasteiger partial charge in [0, 0.05) is 44.0 Å². The number of thiophene rings is 1. The molecule has 0 bridgehead atoms. The summed E-state index contributed by atoms with van der Waals surface area (Å²) >= 11 is 1.56. The summed E-state index contributed by atoms with van der Waals surface area (Å²) in [5.41, 5.74) is 0.940. The Morgan fingerprint density at radius 3 is 2.80 bits per heavy atom. The Bertz CT molecular complexity index is 660. The largest absolute Gasteiger partial charge is 0.352 e. The van der Waals surface area contributed by atoms with Gasteiger partial charge in [0.05, 0.1) is 0 Å². The molecule has 2 aromatic heterocycles. The molecule has 5 nitrogen and oxygen atoms in total. The van der Waals surface area contributed by atoms with Crippen LogP contribution in [0.4, 0.5) is 0 Å². The van der Waals surface area contributed by atoms with Crippen LogP contribution in [0.25, 0.3) is 0 Å². The van der Waals surface area contributed by atoms with E-state index in [-0.39, 0.29) is 0 Å². The summed E-state index contributed by atoms with van der Waals surface area (Å²) in [7, 11) is 1.86. The molecule has 2 aromatic rings. The fourth-order valence-electron chi connectivity index (χ4n) is 1.96. The van der Waals surface area contributed by atoms with Gasteiger partial charge >= 0.3 is 0 Å². The summed E-state index contributed by atoms with van der Waals surface area (Å²) in [5, 5.41) is 4.98. The quantitative estimate of drug-likeness (QED) is 0.882. The lowest BCUT2D eigenvalue weighted by Crippen LogP contribution is -2.25.